The van der Waals surface area contributed by atoms with Crippen molar-refractivity contribution in [2.75, 3.05) is 0 Å². The van der Waals surface area contributed by atoms with Gasteiger partial charge in [0.05, 0.1) is 6.42 Å². The number of fused-ring (bicyclic) bond motifs is 1. The summed E-state index contributed by atoms with van der Waals surface area (Å²) < 4.78 is 25.1. The summed E-state index contributed by atoms with van der Waals surface area (Å²) in [6.45, 7) is 0. The van der Waals surface area contributed by atoms with Gasteiger partial charge < -0.3 is 5.11 Å². The van der Waals surface area contributed by atoms with Crippen molar-refractivity contribution in [1.82, 2.24) is 0 Å². The van der Waals surface area contributed by atoms with Crippen molar-refractivity contribution in [2.45, 2.75) is 12.8 Å². The molecule has 1 N–H and O–H groups in total. The zero-order valence-electron chi connectivity index (χ0n) is 8.86. The minimum atomic E-state index is -2.54. The van der Waals surface area contributed by atoms with Crippen LogP contribution in [0.2, 0.25) is 0 Å². The van der Waals surface area contributed by atoms with Gasteiger partial charge in [-0.2, -0.15) is 0 Å². The van der Waals surface area contributed by atoms with Crippen molar-refractivity contribution in [2.24, 2.45) is 0 Å². The number of benzene rings is 2. The standard InChI is InChI=1S/C13H10F2O2/c14-13(15)10-5-4-8-2-1-3-9(7-12(16)17)11(8)6-10/h1-6,13H,7H2,(H,16,17). The highest BCUT2D eigenvalue weighted by Crippen LogP contribution is 2.26. The van der Waals surface area contributed by atoms with E-state index in [1.54, 1.807) is 24.3 Å². The predicted octanol–water partition coefficient (Wildman–Crippen LogP) is 3.40. The molecule has 0 aliphatic heterocycles. The van der Waals surface area contributed by atoms with Crippen molar-refractivity contribution < 1.29 is 18.7 Å². The maximum atomic E-state index is 12.6. The molecule has 2 nitrogen and oxygen atoms in total. The summed E-state index contributed by atoms with van der Waals surface area (Å²) >= 11 is 0. The molecule has 0 aliphatic rings. The second-order valence-electron chi connectivity index (χ2n) is 3.77. The van der Waals surface area contributed by atoms with E-state index >= 15 is 0 Å². The average Bonchev–Trinajstić information content (AvgIpc) is 2.28. The van der Waals surface area contributed by atoms with Crippen LogP contribution >= 0.6 is 0 Å². The number of aliphatic carboxylic acids is 1. The first-order chi connectivity index (χ1) is 8.08. The van der Waals surface area contributed by atoms with Gasteiger partial charge in [-0.25, -0.2) is 8.78 Å². The van der Waals surface area contributed by atoms with Gasteiger partial charge in [-0.05, 0) is 22.4 Å². The smallest absolute Gasteiger partial charge is 0.307 e. The summed E-state index contributed by atoms with van der Waals surface area (Å²) in [6, 6.07) is 9.45. The SMILES string of the molecule is O=C(O)Cc1cccc2ccc(C(F)F)cc12. The third-order valence-electron chi connectivity index (χ3n) is 2.59. The molecule has 0 unspecified atom stereocenters. The number of hydrogen-bond donors (Lipinski definition) is 1. The average molecular weight is 236 g/mol. The molecule has 0 saturated heterocycles. The van der Waals surface area contributed by atoms with Crippen LogP contribution in [-0.4, -0.2) is 11.1 Å². The first-order valence-electron chi connectivity index (χ1n) is 5.09. The van der Waals surface area contributed by atoms with Crippen molar-refractivity contribution in [1.29, 1.82) is 0 Å². The normalized spacial score (nSPS) is 11.0. The Morgan fingerprint density at radius 2 is 2.00 bits per heavy atom. The van der Waals surface area contributed by atoms with Crippen LogP contribution in [0.3, 0.4) is 0 Å². The van der Waals surface area contributed by atoms with Gasteiger partial charge in [-0.3, -0.25) is 4.79 Å². The van der Waals surface area contributed by atoms with Crippen LogP contribution in [0.1, 0.15) is 17.6 Å². The summed E-state index contributed by atoms with van der Waals surface area (Å²) in [7, 11) is 0. The van der Waals surface area contributed by atoms with Crippen LogP contribution in [0.5, 0.6) is 0 Å². The zero-order chi connectivity index (χ0) is 12.4. The fourth-order valence-corrected chi connectivity index (χ4v) is 1.81. The van der Waals surface area contributed by atoms with Gasteiger partial charge in [-0.1, -0.05) is 30.3 Å². The molecule has 0 saturated carbocycles. The van der Waals surface area contributed by atoms with Gasteiger partial charge in [-0.15, -0.1) is 0 Å². The van der Waals surface area contributed by atoms with E-state index in [-0.39, 0.29) is 12.0 Å². The van der Waals surface area contributed by atoms with E-state index in [9.17, 15) is 13.6 Å². The Hall–Kier alpha value is -1.97. The molecular weight excluding hydrogens is 226 g/mol. The van der Waals surface area contributed by atoms with Crippen LogP contribution in [-0.2, 0) is 11.2 Å². The maximum absolute atomic E-state index is 12.6. The second kappa shape index (κ2) is 4.49. The summed E-state index contributed by atoms with van der Waals surface area (Å²) in [4.78, 5) is 10.7. The number of halogens is 2. The minimum Gasteiger partial charge on any atom is -0.481 e. The molecule has 0 aromatic heterocycles. The van der Waals surface area contributed by atoms with Crippen molar-refractivity contribution in [3.63, 3.8) is 0 Å². The lowest BCUT2D eigenvalue weighted by molar-refractivity contribution is -0.136. The quantitative estimate of drug-likeness (QED) is 0.886. The highest BCUT2D eigenvalue weighted by atomic mass is 19.3. The maximum Gasteiger partial charge on any atom is 0.307 e. The minimum absolute atomic E-state index is 0.0876. The molecule has 2 aromatic rings. The molecule has 0 atom stereocenters. The van der Waals surface area contributed by atoms with E-state index in [0.29, 0.717) is 10.9 Å². The van der Waals surface area contributed by atoms with Crippen molar-refractivity contribution in [3.8, 4) is 0 Å². The lowest BCUT2D eigenvalue weighted by Crippen LogP contribution is -2.00. The van der Waals surface area contributed by atoms with E-state index in [0.717, 1.165) is 5.39 Å². The third kappa shape index (κ3) is 2.41. The molecular formula is C13H10F2O2. The van der Waals surface area contributed by atoms with E-state index in [1.165, 1.54) is 12.1 Å². The van der Waals surface area contributed by atoms with Crippen LogP contribution in [0, 0.1) is 0 Å². The van der Waals surface area contributed by atoms with Crippen LogP contribution in [0.4, 0.5) is 8.78 Å². The molecule has 2 rings (SSSR count). The fourth-order valence-electron chi connectivity index (χ4n) is 1.81. The first kappa shape index (κ1) is 11.5. The topological polar surface area (TPSA) is 37.3 Å². The van der Waals surface area contributed by atoms with Crippen LogP contribution < -0.4 is 0 Å². The van der Waals surface area contributed by atoms with Gasteiger partial charge in [0.1, 0.15) is 0 Å². The van der Waals surface area contributed by atoms with Crippen LogP contribution in [0.15, 0.2) is 36.4 Å². The van der Waals surface area contributed by atoms with E-state index in [1.807, 2.05) is 0 Å². The van der Waals surface area contributed by atoms with E-state index < -0.39 is 12.4 Å². The second-order valence-corrected chi connectivity index (χ2v) is 3.77. The third-order valence-corrected chi connectivity index (χ3v) is 2.59. The highest BCUT2D eigenvalue weighted by molar-refractivity contribution is 5.89. The lowest BCUT2D eigenvalue weighted by Gasteiger charge is -2.06. The molecule has 0 aliphatic carbocycles. The Morgan fingerprint density at radius 3 is 2.65 bits per heavy atom. The molecule has 0 heterocycles. The summed E-state index contributed by atoms with van der Waals surface area (Å²) in [6.07, 6.45) is -2.71. The molecule has 88 valence electrons. The van der Waals surface area contributed by atoms with Gasteiger partial charge in [0.2, 0.25) is 0 Å². The number of hydrogen-bond acceptors (Lipinski definition) is 1. The van der Waals surface area contributed by atoms with Gasteiger partial charge in [0.15, 0.2) is 0 Å². The molecule has 0 fully saturated rings. The molecule has 4 heteroatoms. The van der Waals surface area contributed by atoms with E-state index in [4.69, 9.17) is 5.11 Å². The number of rotatable bonds is 3. The number of alkyl halides is 2. The Bertz CT molecular complexity index is 564. The highest BCUT2D eigenvalue weighted by Gasteiger charge is 2.10. The molecule has 0 amide bonds. The van der Waals surface area contributed by atoms with Gasteiger partial charge >= 0.3 is 5.97 Å². The Kier molecular flexibility index (Phi) is 3.04. The lowest BCUT2D eigenvalue weighted by atomic mass is 10.00. The van der Waals surface area contributed by atoms with E-state index in [2.05, 4.69) is 0 Å². The summed E-state index contributed by atoms with van der Waals surface area (Å²) in [5, 5.41) is 10.1. The first-order valence-corrected chi connectivity index (χ1v) is 5.09. The Labute approximate surface area is 96.5 Å². The molecule has 0 radical (unpaired) electrons. The van der Waals surface area contributed by atoms with Crippen LogP contribution in [0.25, 0.3) is 10.8 Å². The largest absolute Gasteiger partial charge is 0.481 e. The number of carbonyl (C=O) groups is 1. The van der Waals surface area contributed by atoms with Gasteiger partial charge in [0, 0.05) is 5.56 Å². The summed E-state index contributed by atoms with van der Waals surface area (Å²) in [5.74, 6) is -0.972. The van der Waals surface area contributed by atoms with Crippen molar-refractivity contribution >= 4 is 16.7 Å². The predicted molar refractivity (Wildman–Crippen MR) is 60.2 cm³/mol. The molecule has 0 spiro atoms. The fraction of sp³-hybridized carbons (Fsp3) is 0.154. The Balaban J connectivity index is 2.59. The monoisotopic (exact) mass is 236 g/mol. The van der Waals surface area contributed by atoms with Gasteiger partial charge in [0.25, 0.3) is 6.43 Å². The Morgan fingerprint density at radius 1 is 1.24 bits per heavy atom. The number of carboxylic acid groups (broad SMARTS) is 1. The van der Waals surface area contributed by atoms with Crippen molar-refractivity contribution in [3.05, 3.63) is 47.5 Å². The molecule has 0 bridgehead atoms. The summed E-state index contributed by atoms with van der Waals surface area (Å²) in [5.41, 5.74) is 0.466. The molecule has 2 aromatic carbocycles. The molecule has 17 heavy (non-hydrogen) atoms. The zero-order valence-corrected chi connectivity index (χ0v) is 8.86. The number of carboxylic acids is 1.